The van der Waals surface area contributed by atoms with Gasteiger partial charge in [0.05, 0.1) is 0 Å². The van der Waals surface area contributed by atoms with Crippen LogP contribution >= 0.6 is 22.6 Å². The van der Waals surface area contributed by atoms with Gasteiger partial charge in [0.1, 0.15) is 0 Å². The second-order valence-corrected chi connectivity index (χ2v) is 6.61. The Kier molecular flexibility index (Phi) is 4.59. The predicted molar refractivity (Wildman–Crippen MR) is 74.9 cm³/mol. The van der Waals surface area contributed by atoms with E-state index in [9.17, 15) is 0 Å². The van der Waals surface area contributed by atoms with Gasteiger partial charge in [-0.25, -0.2) is 0 Å². The number of rotatable bonds is 3. The van der Waals surface area contributed by atoms with Crippen molar-refractivity contribution in [2.45, 2.75) is 27.3 Å². The molecule has 0 fully saturated rings. The monoisotopic (exact) mass is 317 g/mol. The molecule has 0 amide bonds. The van der Waals surface area contributed by atoms with Crippen LogP contribution in [0.5, 0.6) is 0 Å². The lowest BCUT2D eigenvalue weighted by atomic mass is 9.96. The highest BCUT2D eigenvalue weighted by atomic mass is 127. The van der Waals surface area contributed by atoms with Gasteiger partial charge in [-0.3, -0.25) is 0 Å². The van der Waals surface area contributed by atoms with Gasteiger partial charge in [-0.05, 0) is 52.7 Å². The van der Waals surface area contributed by atoms with Gasteiger partial charge in [-0.2, -0.15) is 0 Å². The standard InChI is InChI=1S/C13H20IN/c1-13(2,3)10-15(4)9-11-5-7-12(14)8-6-11/h5-8H,9-10H2,1-4H3. The molecule has 0 aliphatic rings. The third-order valence-electron chi connectivity index (χ3n) is 2.11. The van der Waals surface area contributed by atoms with Crippen molar-refractivity contribution in [2.24, 2.45) is 5.41 Å². The molecule has 0 saturated carbocycles. The van der Waals surface area contributed by atoms with E-state index in [1.807, 2.05) is 0 Å². The maximum atomic E-state index is 2.38. The molecule has 0 atom stereocenters. The summed E-state index contributed by atoms with van der Waals surface area (Å²) in [6, 6.07) is 8.75. The molecule has 15 heavy (non-hydrogen) atoms. The molecular formula is C13H20IN. The molecule has 1 aromatic rings. The molecule has 1 rings (SSSR count). The molecule has 0 aromatic heterocycles. The van der Waals surface area contributed by atoms with Crippen LogP contribution in [0.15, 0.2) is 24.3 Å². The van der Waals surface area contributed by atoms with Gasteiger partial charge in [0.25, 0.3) is 0 Å². The van der Waals surface area contributed by atoms with Crippen LogP contribution in [0.25, 0.3) is 0 Å². The van der Waals surface area contributed by atoms with E-state index in [0.29, 0.717) is 5.41 Å². The molecule has 0 bridgehead atoms. The molecule has 0 saturated heterocycles. The minimum absolute atomic E-state index is 0.373. The van der Waals surface area contributed by atoms with Crippen LogP contribution in [-0.2, 0) is 6.54 Å². The summed E-state index contributed by atoms with van der Waals surface area (Å²) in [5, 5.41) is 0. The van der Waals surface area contributed by atoms with Crippen LogP contribution in [0.1, 0.15) is 26.3 Å². The summed E-state index contributed by atoms with van der Waals surface area (Å²) < 4.78 is 1.30. The van der Waals surface area contributed by atoms with Crippen LogP contribution < -0.4 is 0 Å². The first-order valence-corrected chi connectivity index (χ1v) is 6.38. The summed E-state index contributed by atoms with van der Waals surface area (Å²) >= 11 is 2.34. The first kappa shape index (κ1) is 13.0. The zero-order valence-electron chi connectivity index (χ0n) is 10.0. The van der Waals surface area contributed by atoms with Gasteiger partial charge in [-0.15, -0.1) is 0 Å². The number of halogens is 1. The molecule has 0 aliphatic carbocycles. The van der Waals surface area contributed by atoms with Crippen LogP contribution in [-0.4, -0.2) is 18.5 Å². The van der Waals surface area contributed by atoms with Crippen molar-refractivity contribution in [3.63, 3.8) is 0 Å². The molecule has 2 heteroatoms. The molecule has 1 aromatic carbocycles. The topological polar surface area (TPSA) is 3.24 Å². The van der Waals surface area contributed by atoms with E-state index < -0.39 is 0 Å². The largest absolute Gasteiger partial charge is 0.302 e. The zero-order chi connectivity index (χ0) is 11.5. The number of nitrogens with zero attached hydrogens (tertiary/aromatic N) is 1. The van der Waals surface area contributed by atoms with E-state index >= 15 is 0 Å². The lowest BCUT2D eigenvalue weighted by Gasteiger charge is -2.26. The second-order valence-electron chi connectivity index (χ2n) is 5.36. The summed E-state index contributed by atoms with van der Waals surface area (Å²) in [5.41, 5.74) is 1.76. The van der Waals surface area contributed by atoms with E-state index in [4.69, 9.17) is 0 Å². The molecule has 1 nitrogen and oxygen atoms in total. The van der Waals surface area contributed by atoms with Gasteiger partial charge in [-0.1, -0.05) is 32.9 Å². The van der Waals surface area contributed by atoms with Crippen LogP contribution in [0.4, 0.5) is 0 Å². The smallest absolute Gasteiger partial charge is 0.0230 e. The fraction of sp³-hybridized carbons (Fsp3) is 0.538. The number of hydrogen-bond donors (Lipinski definition) is 0. The summed E-state index contributed by atoms with van der Waals surface area (Å²) in [6.45, 7) is 8.99. The van der Waals surface area contributed by atoms with Gasteiger partial charge >= 0.3 is 0 Å². The Morgan fingerprint density at radius 1 is 1.13 bits per heavy atom. The van der Waals surface area contributed by atoms with E-state index in [1.54, 1.807) is 0 Å². The van der Waals surface area contributed by atoms with Crippen molar-refractivity contribution >= 4 is 22.6 Å². The summed E-state index contributed by atoms with van der Waals surface area (Å²) in [5.74, 6) is 0. The predicted octanol–water partition coefficient (Wildman–Crippen LogP) is 3.77. The first-order valence-electron chi connectivity index (χ1n) is 5.30. The first-order chi connectivity index (χ1) is 6.87. The van der Waals surface area contributed by atoms with Crippen molar-refractivity contribution in [1.82, 2.24) is 4.90 Å². The van der Waals surface area contributed by atoms with Crippen molar-refractivity contribution in [2.75, 3.05) is 13.6 Å². The maximum Gasteiger partial charge on any atom is 0.0230 e. The van der Waals surface area contributed by atoms with E-state index in [1.165, 1.54) is 9.13 Å². The SMILES string of the molecule is CN(Cc1ccc(I)cc1)CC(C)(C)C. The molecular weight excluding hydrogens is 297 g/mol. The Labute approximate surface area is 107 Å². The molecule has 0 unspecified atom stereocenters. The van der Waals surface area contributed by atoms with Crippen LogP contribution in [0.2, 0.25) is 0 Å². The summed E-state index contributed by atoms with van der Waals surface area (Å²) in [7, 11) is 2.18. The second kappa shape index (κ2) is 5.30. The van der Waals surface area contributed by atoms with Gasteiger partial charge in [0.15, 0.2) is 0 Å². The van der Waals surface area contributed by atoms with Gasteiger partial charge in [0.2, 0.25) is 0 Å². The minimum Gasteiger partial charge on any atom is -0.302 e. The van der Waals surface area contributed by atoms with Crippen LogP contribution in [0.3, 0.4) is 0 Å². The zero-order valence-corrected chi connectivity index (χ0v) is 12.2. The number of benzene rings is 1. The molecule has 0 heterocycles. The summed E-state index contributed by atoms with van der Waals surface area (Å²) in [4.78, 5) is 2.38. The fourth-order valence-corrected chi connectivity index (χ4v) is 2.13. The molecule has 0 radical (unpaired) electrons. The normalized spacial score (nSPS) is 12.1. The fourth-order valence-electron chi connectivity index (χ4n) is 1.77. The minimum atomic E-state index is 0.373. The van der Waals surface area contributed by atoms with Crippen molar-refractivity contribution in [3.05, 3.63) is 33.4 Å². The highest BCUT2D eigenvalue weighted by molar-refractivity contribution is 14.1. The lowest BCUT2D eigenvalue weighted by Crippen LogP contribution is -2.28. The molecule has 0 N–H and O–H groups in total. The van der Waals surface area contributed by atoms with Crippen molar-refractivity contribution < 1.29 is 0 Å². The molecule has 0 aliphatic heterocycles. The average Bonchev–Trinajstić information content (AvgIpc) is 2.05. The number of hydrogen-bond acceptors (Lipinski definition) is 1. The average molecular weight is 317 g/mol. The Bertz CT molecular complexity index is 297. The van der Waals surface area contributed by atoms with Crippen LogP contribution in [0, 0.1) is 8.99 Å². The maximum absolute atomic E-state index is 2.38. The Balaban J connectivity index is 2.51. The Hall–Kier alpha value is -0.0900. The van der Waals surface area contributed by atoms with Crippen molar-refractivity contribution in [1.29, 1.82) is 0 Å². The molecule has 0 spiro atoms. The third-order valence-corrected chi connectivity index (χ3v) is 2.83. The lowest BCUT2D eigenvalue weighted by molar-refractivity contribution is 0.221. The quantitative estimate of drug-likeness (QED) is 0.767. The summed E-state index contributed by atoms with van der Waals surface area (Å²) in [6.07, 6.45) is 0. The Morgan fingerprint density at radius 3 is 2.13 bits per heavy atom. The highest BCUT2D eigenvalue weighted by Crippen LogP contribution is 2.16. The van der Waals surface area contributed by atoms with E-state index in [-0.39, 0.29) is 0 Å². The van der Waals surface area contributed by atoms with Gasteiger partial charge < -0.3 is 4.90 Å². The van der Waals surface area contributed by atoms with Crippen molar-refractivity contribution in [3.8, 4) is 0 Å². The van der Waals surface area contributed by atoms with E-state index in [0.717, 1.165) is 13.1 Å². The van der Waals surface area contributed by atoms with E-state index in [2.05, 4.69) is 79.6 Å². The molecule has 84 valence electrons. The Morgan fingerprint density at radius 2 is 1.67 bits per heavy atom. The highest BCUT2D eigenvalue weighted by Gasteiger charge is 2.13. The van der Waals surface area contributed by atoms with Gasteiger partial charge in [0, 0.05) is 16.7 Å². The third kappa shape index (κ3) is 5.52.